The van der Waals surface area contributed by atoms with Gasteiger partial charge in [0, 0.05) is 12.4 Å². The van der Waals surface area contributed by atoms with Crippen molar-refractivity contribution in [2.24, 2.45) is 11.8 Å². The summed E-state index contributed by atoms with van der Waals surface area (Å²) in [4.78, 5) is 4.13. The van der Waals surface area contributed by atoms with Gasteiger partial charge in [-0.15, -0.1) is 0 Å². The first kappa shape index (κ1) is 9.20. The van der Waals surface area contributed by atoms with Crippen molar-refractivity contribution < 1.29 is 0 Å². The number of aromatic nitrogens is 1. The fourth-order valence-corrected chi connectivity index (χ4v) is 1.65. The molecule has 1 nitrogen and oxygen atoms in total. The van der Waals surface area contributed by atoms with Gasteiger partial charge >= 0.3 is 0 Å². The fraction of sp³-hybridized carbons (Fsp3) is 0.308. The van der Waals surface area contributed by atoms with E-state index >= 15 is 0 Å². The zero-order chi connectivity index (χ0) is 9.97. The average molecular weight is 185 g/mol. The Morgan fingerprint density at radius 1 is 1.21 bits per heavy atom. The molecule has 0 amide bonds. The Labute approximate surface area is 85.2 Å². The Hall–Kier alpha value is -1.37. The van der Waals surface area contributed by atoms with Crippen LogP contribution in [-0.4, -0.2) is 4.98 Å². The molecule has 1 heterocycles. The molecule has 1 aromatic rings. The topological polar surface area (TPSA) is 12.9 Å². The number of allylic oxidation sites excluding steroid dienone is 4. The molecule has 0 bridgehead atoms. The molecule has 0 fully saturated rings. The van der Waals surface area contributed by atoms with Gasteiger partial charge in [0.05, 0.1) is 0 Å². The molecule has 0 saturated carbocycles. The standard InChI is InChI=1S/C13H15N/c1-10-5-6-12(8-11(10)2)13-4-3-7-14-9-13/h3-11H,1-2H3. The summed E-state index contributed by atoms with van der Waals surface area (Å²) >= 11 is 0. The fourth-order valence-electron chi connectivity index (χ4n) is 1.65. The van der Waals surface area contributed by atoms with Gasteiger partial charge in [-0.25, -0.2) is 0 Å². The van der Waals surface area contributed by atoms with Crippen LogP contribution in [0.1, 0.15) is 19.4 Å². The molecule has 72 valence electrons. The molecular formula is C13H15N. The van der Waals surface area contributed by atoms with Gasteiger partial charge in [-0.1, -0.05) is 38.1 Å². The van der Waals surface area contributed by atoms with Crippen molar-refractivity contribution in [2.45, 2.75) is 13.8 Å². The molecule has 1 aliphatic rings. The van der Waals surface area contributed by atoms with E-state index < -0.39 is 0 Å². The molecule has 0 aliphatic heterocycles. The van der Waals surface area contributed by atoms with Crippen molar-refractivity contribution >= 4 is 5.57 Å². The Balaban J connectivity index is 2.30. The number of rotatable bonds is 1. The van der Waals surface area contributed by atoms with Gasteiger partial charge in [0.2, 0.25) is 0 Å². The minimum atomic E-state index is 0.621. The predicted molar refractivity (Wildman–Crippen MR) is 59.7 cm³/mol. The number of nitrogens with zero attached hydrogens (tertiary/aromatic N) is 1. The van der Waals surface area contributed by atoms with Crippen LogP contribution in [0.2, 0.25) is 0 Å². The quantitative estimate of drug-likeness (QED) is 0.654. The van der Waals surface area contributed by atoms with E-state index in [2.05, 4.69) is 43.1 Å². The van der Waals surface area contributed by atoms with E-state index in [-0.39, 0.29) is 0 Å². The van der Waals surface area contributed by atoms with Crippen LogP contribution in [0.15, 0.2) is 42.8 Å². The first-order valence-corrected chi connectivity index (χ1v) is 5.08. The Morgan fingerprint density at radius 3 is 2.71 bits per heavy atom. The smallest absolute Gasteiger partial charge is 0.0346 e. The van der Waals surface area contributed by atoms with Gasteiger partial charge < -0.3 is 0 Å². The summed E-state index contributed by atoms with van der Waals surface area (Å²) in [6, 6.07) is 4.08. The van der Waals surface area contributed by atoms with E-state index in [0.29, 0.717) is 11.8 Å². The molecule has 0 spiro atoms. The molecule has 2 rings (SSSR count). The molecule has 0 aromatic carbocycles. The second-order valence-electron chi connectivity index (χ2n) is 3.94. The second kappa shape index (κ2) is 3.79. The number of hydrogen-bond donors (Lipinski definition) is 0. The minimum Gasteiger partial charge on any atom is -0.264 e. The summed E-state index contributed by atoms with van der Waals surface area (Å²) in [6.07, 6.45) is 10.5. The van der Waals surface area contributed by atoms with Crippen LogP contribution in [0, 0.1) is 11.8 Å². The van der Waals surface area contributed by atoms with E-state index in [1.807, 2.05) is 18.5 Å². The summed E-state index contributed by atoms with van der Waals surface area (Å²) in [5, 5.41) is 0. The van der Waals surface area contributed by atoms with Crippen LogP contribution in [0.3, 0.4) is 0 Å². The van der Waals surface area contributed by atoms with Crippen LogP contribution in [0.4, 0.5) is 0 Å². The SMILES string of the molecule is CC1C=CC(c2cccnc2)=CC1C. The van der Waals surface area contributed by atoms with Crippen LogP contribution in [0.5, 0.6) is 0 Å². The molecule has 0 N–H and O–H groups in total. The number of hydrogen-bond acceptors (Lipinski definition) is 1. The largest absolute Gasteiger partial charge is 0.264 e. The molecular weight excluding hydrogens is 170 g/mol. The first-order chi connectivity index (χ1) is 6.77. The van der Waals surface area contributed by atoms with Gasteiger partial charge in [-0.05, 0) is 29.0 Å². The molecule has 1 aromatic heterocycles. The monoisotopic (exact) mass is 185 g/mol. The Kier molecular flexibility index (Phi) is 2.49. The van der Waals surface area contributed by atoms with Crippen molar-refractivity contribution in [1.82, 2.24) is 4.98 Å². The number of pyridine rings is 1. The van der Waals surface area contributed by atoms with Crippen LogP contribution < -0.4 is 0 Å². The maximum atomic E-state index is 4.13. The van der Waals surface area contributed by atoms with Crippen molar-refractivity contribution in [2.75, 3.05) is 0 Å². The molecule has 0 saturated heterocycles. The third-order valence-corrected chi connectivity index (χ3v) is 2.85. The van der Waals surface area contributed by atoms with Gasteiger partial charge in [0.15, 0.2) is 0 Å². The van der Waals surface area contributed by atoms with E-state index in [0.717, 1.165) is 0 Å². The van der Waals surface area contributed by atoms with Crippen LogP contribution in [0.25, 0.3) is 5.57 Å². The molecule has 2 unspecified atom stereocenters. The summed E-state index contributed by atoms with van der Waals surface area (Å²) in [6.45, 7) is 4.50. The van der Waals surface area contributed by atoms with Gasteiger partial charge in [0.1, 0.15) is 0 Å². The highest BCUT2D eigenvalue weighted by Gasteiger charge is 2.12. The third-order valence-electron chi connectivity index (χ3n) is 2.85. The lowest BCUT2D eigenvalue weighted by atomic mass is 9.87. The summed E-state index contributed by atoms with van der Waals surface area (Å²) in [5.41, 5.74) is 2.51. The summed E-state index contributed by atoms with van der Waals surface area (Å²) in [7, 11) is 0. The van der Waals surface area contributed by atoms with Gasteiger partial charge in [0.25, 0.3) is 0 Å². The highest BCUT2D eigenvalue weighted by atomic mass is 14.6. The lowest BCUT2D eigenvalue weighted by molar-refractivity contribution is 0.554. The maximum Gasteiger partial charge on any atom is 0.0346 e. The van der Waals surface area contributed by atoms with Crippen molar-refractivity contribution in [3.8, 4) is 0 Å². The van der Waals surface area contributed by atoms with Crippen molar-refractivity contribution in [3.05, 3.63) is 48.3 Å². The summed E-state index contributed by atoms with van der Waals surface area (Å²) in [5.74, 6) is 1.27. The molecule has 14 heavy (non-hydrogen) atoms. The Bertz CT molecular complexity index is 362. The van der Waals surface area contributed by atoms with E-state index in [9.17, 15) is 0 Å². The van der Waals surface area contributed by atoms with Crippen LogP contribution >= 0.6 is 0 Å². The average Bonchev–Trinajstić information content (AvgIpc) is 2.23. The lowest BCUT2D eigenvalue weighted by Gasteiger charge is -2.18. The van der Waals surface area contributed by atoms with Crippen LogP contribution in [-0.2, 0) is 0 Å². The van der Waals surface area contributed by atoms with Gasteiger partial charge in [-0.2, -0.15) is 0 Å². The molecule has 2 atom stereocenters. The first-order valence-electron chi connectivity index (χ1n) is 5.08. The lowest BCUT2D eigenvalue weighted by Crippen LogP contribution is -2.06. The highest BCUT2D eigenvalue weighted by Crippen LogP contribution is 2.27. The minimum absolute atomic E-state index is 0.621. The van der Waals surface area contributed by atoms with E-state index in [4.69, 9.17) is 0 Å². The normalized spacial score (nSPS) is 26.0. The zero-order valence-corrected chi connectivity index (χ0v) is 8.64. The zero-order valence-electron chi connectivity index (χ0n) is 8.64. The van der Waals surface area contributed by atoms with Crippen molar-refractivity contribution in [3.63, 3.8) is 0 Å². The molecule has 0 radical (unpaired) electrons. The third kappa shape index (κ3) is 1.77. The molecule has 1 heteroatoms. The maximum absolute atomic E-state index is 4.13. The molecule has 1 aliphatic carbocycles. The Morgan fingerprint density at radius 2 is 2.07 bits per heavy atom. The predicted octanol–water partition coefficient (Wildman–Crippen LogP) is 3.31. The summed E-state index contributed by atoms with van der Waals surface area (Å²) < 4.78 is 0. The van der Waals surface area contributed by atoms with Crippen molar-refractivity contribution in [1.29, 1.82) is 0 Å². The van der Waals surface area contributed by atoms with Gasteiger partial charge in [-0.3, -0.25) is 4.98 Å². The van der Waals surface area contributed by atoms with E-state index in [1.54, 1.807) is 0 Å². The van der Waals surface area contributed by atoms with E-state index in [1.165, 1.54) is 11.1 Å². The highest BCUT2D eigenvalue weighted by molar-refractivity contribution is 5.74. The second-order valence-corrected chi connectivity index (χ2v) is 3.94.